The number of nitrogens with two attached hydrogens (primary N) is 1. The number of hydrogen-bond acceptors (Lipinski definition) is 3. The molecule has 62 valence electrons. The Hall–Kier alpha value is -0.540. The van der Waals surface area contributed by atoms with Crippen molar-refractivity contribution in [2.75, 3.05) is 0 Å². The number of rotatable bonds is 2. The summed E-state index contributed by atoms with van der Waals surface area (Å²) in [6.45, 7) is 0.502. The molecule has 1 fully saturated rings. The van der Waals surface area contributed by atoms with E-state index in [1.807, 2.05) is 0 Å². The summed E-state index contributed by atoms with van der Waals surface area (Å²) in [4.78, 5) is 4.00. The molecule has 0 radical (unpaired) electrons. The van der Waals surface area contributed by atoms with Crippen molar-refractivity contribution in [1.29, 1.82) is 0 Å². The summed E-state index contributed by atoms with van der Waals surface area (Å²) in [7, 11) is 0. The van der Waals surface area contributed by atoms with Gasteiger partial charge in [0.05, 0.1) is 5.69 Å². The summed E-state index contributed by atoms with van der Waals surface area (Å²) in [5, 5.41) is 0. The molecule has 0 aromatic carbocycles. The monoisotopic (exact) mass is 174 g/mol. The first-order valence-electron chi connectivity index (χ1n) is 3.54. The van der Waals surface area contributed by atoms with E-state index in [4.69, 9.17) is 10.2 Å². The van der Waals surface area contributed by atoms with Crippen molar-refractivity contribution in [2.45, 2.75) is 25.3 Å². The van der Waals surface area contributed by atoms with Crippen LogP contribution in [0.3, 0.4) is 0 Å². The van der Waals surface area contributed by atoms with Crippen molar-refractivity contribution >= 4 is 12.4 Å². The van der Waals surface area contributed by atoms with Crippen molar-refractivity contribution in [2.24, 2.45) is 5.73 Å². The smallest absolute Gasteiger partial charge is 0.181 e. The highest BCUT2D eigenvalue weighted by atomic mass is 35.5. The molecular formula is C7H11ClN2O. The lowest BCUT2D eigenvalue weighted by molar-refractivity contribution is 0.503. The van der Waals surface area contributed by atoms with Crippen LogP contribution < -0.4 is 5.73 Å². The Morgan fingerprint density at radius 3 is 2.91 bits per heavy atom. The average molecular weight is 175 g/mol. The van der Waals surface area contributed by atoms with Crippen LogP contribution in [0.1, 0.15) is 30.2 Å². The lowest BCUT2D eigenvalue weighted by Crippen LogP contribution is -1.99. The van der Waals surface area contributed by atoms with E-state index in [-0.39, 0.29) is 12.4 Å². The number of hydrogen-bond donors (Lipinski definition) is 1. The number of halogens is 1. The first-order valence-corrected chi connectivity index (χ1v) is 3.54. The van der Waals surface area contributed by atoms with Crippen molar-refractivity contribution in [1.82, 2.24) is 4.98 Å². The quantitative estimate of drug-likeness (QED) is 0.738. The molecule has 1 aliphatic carbocycles. The molecule has 0 amide bonds. The van der Waals surface area contributed by atoms with Gasteiger partial charge in [-0.15, -0.1) is 12.4 Å². The van der Waals surface area contributed by atoms with Crippen molar-refractivity contribution in [3.8, 4) is 0 Å². The van der Waals surface area contributed by atoms with Crippen LogP contribution in [0.2, 0.25) is 0 Å². The second-order valence-electron chi connectivity index (χ2n) is 2.64. The lowest BCUT2D eigenvalue weighted by Gasteiger charge is -1.91. The van der Waals surface area contributed by atoms with E-state index in [0.29, 0.717) is 12.5 Å². The molecule has 2 rings (SSSR count). The first kappa shape index (κ1) is 8.56. The fourth-order valence-electron chi connectivity index (χ4n) is 1.11. The summed E-state index contributed by atoms with van der Waals surface area (Å²) in [5.41, 5.74) is 6.37. The topological polar surface area (TPSA) is 52.0 Å². The van der Waals surface area contributed by atoms with Gasteiger partial charge in [-0.3, -0.25) is 0 Å². The molecule has 11 heavy (non-hydrogen) atoms. The van der Waals surface area contributed by atoms with Gasteiger partial charge in [-0.1, -0.05) is 0 Å². The third-order valence-corrected chi connectivity index (χ3v) is 1.81. The van der Waals surface area contributed by atoms with E-state index in [1.54, 1.807) is 0 Å². The van der Waals surface area contributed by atoms with Crippen LogP contribution in [0.4, 0.5) is 0 Å². The van der Waals surface area contributed by atoms with Gasteiger partial charge in [-0.05, 0) is 12.8 Å². The fraction of sp³-hybridized carbons (Fsp3) is 0.571. The van der Waals surface area contributed by atoms with E-state index < -0.39 is 0 Å². The Balaban J connectivity index is 0.000000605. The van der Waals surface area contributed by atoms with Gasteiger partial charge < -0.3 is 10.2 Å². The van der Waals surface area contributed by atoms with Crippen LogP contribution in [0.25, 0.3) is 0 Å². The van der Waals surface area contributed by atoms with Crippen molar-refractivity contribution in [3.05, 3.63) is 17.8 Å². The van der Waals surface area contributed by atoms with Crippen LogP contribution in [-0.2, 0) is 6.54 Å². The molecule has 2 N–H and O–H groups in total. The number of oxazole rings is 1. The zero-order valence-corrected chi connectivity index (χ0v) is 6.93. The number of nitrogens with zero attached hydrogens (tertiary/aromatic N) is 1. The molecule has 0 atom stereocenters. The summed E-state index contributed by atoms with van der Waals surface area (Å²) in [5.74, 6) is 1.64. The van der Waals surface area contributed by atoms with E-state index in [2.05, 4.69) is 4.98 Å². The predicted octanol–water partition coefficient (Wildman–Crippen LogP) is 1.43. The maximum absolute atomic E-state index is 5.44. The van der Waals surface area contributed by atoms with Crippen LogP contribution in [0, 0.1) is 0 Å². The van der Waals surface area contributed by atoms with Crippen LogP contribution in [0.5, 0.6) is 0 Å². The highest BCUT2D eigenvalue weighted by molar-refractivity contribution is 5.85. The van der Waals surface area contributed by atoms with Gasteiger partial charge in [0.25, 0.3) is 0 Å². The molecule has 4 heteroatoms. The van der Waals surface area contributed by atoms with Crippen molar-refractivity contribution in [3.63, 3.8) is 0 Å². The van der Waals surface area contributed by atoms with Crippen LogP contribution >= 0.6 is 12.4 Å². The predicted molar refractivity (Wildman–Crippen MR) is 43.6 cm³/mol. The normalized spacial score (nSPS) is 16.1. The first-order chi connectivity index (χ1) is 4.92. The third-order valence-electron chi connectivity index (χ3n) is 1.81. The van der Waals surface area contributed by atoms with Gasteiger partial charge in [-0.25, -0.2) is 4.98 Å². The molecule has 0 aliphatic heterocycles. The van der Waals surface area contributed by atoms with Crippen molar-refractivity contribution < 1.29 is 4.42 Å². The van der Waals surface area contributed by atoms with Gasteiger partial charge in [0.2, 0.25) is 0 Å². The number of aromatic nitrogens is 1. The molecule has 0 saturated heterocycles. The molecule has 1 aromatic heterocycles. The maximum Gasteiger partial charge on any atom is 0.181 e. The zero-order chi connectivity index (χ0) is 6.97. The third kappa shape index (κ3) is 1.54. The molecule has 3 nitrogen and oxygen atoms in total. The lowest BCUT2D eigenvalue weighted by atomic mass is 10.2. The largest absolute Gasteiger partial charge is 0.448 e. The maximum atomic E-state index is 5.44. The molecule has 1 aliphatic rings. The standard InChI is InChI=1S/C7H10N2O.ClH/c8-3-6-7(5-1-2-5)10-4-9-6;/h4-5H,1-3,8H2;1H. The second-order valence-corrected chi connectivity index (χ2v) is 2.64. The van der Waals surface area contributed by atoms with Crippen LogP contribution in [0.15, 0.2) is 10.8 Å². The molecule has 1 saturated carbocycles. The van der Waals surface area contributed by atoms with E-state index in [9.17, 15) is 0 Å². The zero-order valence-electron chi connectivity index (χ0n) is 6.12. The molecule has 1 heterocycles. The van der Waals surface area contributed by atoms with E-state index in [1.165, 1.54) is 19.2 Å². The second kappa shape index (κ2) is 3.24. The average Bonchev–Trinajstić information content (AvgIpc) is 2.69. The highest BCUT2D eigenvalue weighted by Gasteiger charge is 2.29. The molecular weight excluding hydrogens is 164 g/mol. The minimum absolute atomic E-state index is 0. The summed E-state index contributed by atoms with van der Waals surface area (Å²) in [6.07, 6.45) is 3.96. The minimum Gasteiger partial charge on any atom is -0.448 e. The Kier molecular flexibility index (Phi) is 2.52. The SMILES string of the molecule is Cl.NCc1ncoc1C1CC1. The van der Waals surface area contributed by atoms with Gasteiger partial charge in [0.1, 0.15) is 5.76 Å². The summed E-state index contributed by atoms with van der Waals surface area (Å²) in [6, 6.07) is 0. The summed E-state index contributed by atoms with van der Waals surface area (Å²) >= 11 is 0. The van der Waals surface area contributed by atoms with Gasteiger partial charge >= 0.3 is 0 Å². The fourth-order valence-corrected chi connectivity index (χ4v) is 1.11. The van der Waals surface area contributed by atoms with E-state index >= 15 is 0 Å². The molecule has 0 bridgehead atoms. The van der Waals surface area contributed by atoms with Gasteiger partial charge in [-0.2, -0.15) is 0 Å². The van der Waals surface area contributed by atoms with Gasteiger partial charge in [0, 0.05) is 12.5 Å². The minimum atomic E-state index is 0. The Morgan fingerprint density at radius 1 is 1.64 bits per heavy atom. The summed E-state index contributed by atoms with van der Waals surface area (Å²) < 4.78 is 5.19. The molecule has 0 spiro atoms. The highest BCUT2D eigenvalue weighted by Crippen LogP contribution is 2.41. The van der Waals surface area contributed by atoms with Crippen LogP contribution in [-0.4, -0.2) is 4.98 Å². The Morgan fingerprint density at radius 2 is 2.36 bits per heavy atom. The van der Waals surface area contributed by atoms with E-state index in [0.717, 1.165) is 11.5 Å². The Bertz CT molecular complexity index is 232. The Labute approximate surface area is 71.4 Å². The van der Waals surface area contributed by atoms with Gasteiger partial charge in [0.15, 0.2) is 6.39 Å². The molecule has 1 aromatic rings. The molecule has 0 unspecified atom stereocenters.